The highest BCUT2D eigenvalue weighted by Gasteiger charge is 2.18. The molecule has 1 fully saturated rings. The number of aryl methyl sites for hydroxylation is 1. The van der Waals surface area contributed by atoms with Gasteiger partial charge in [0.25, 0.3) is 0 Å². The summed E-state index contributed by atoms with van der Waals surface area (Å²) in [4.78, 5) is 7.01. The Kier molecular flexibility index (Phi) is 5.14. The largest absolute Gasteiger partial charge is 0.308 e. The molecule has 1 N–H and O–H groups in total. The third-order valence-electron chi connectivity index (χ3n) is 3.80. The van der Waals surface area contributed by atoms with Crippen molar-refractivity contribution in [2.75, 3.05) is 19.6 Å². The van der Waals surface area contributed by atoms with Crippen molar-refractivity contribution >= 4 is 0 Å². The number of piperidine rings is 1. The summed E-state index contributed by atoms with van der Waals surface area (Å²) < 4.78 is 0. The van der Waals surface area contributed by atoms with E-state index in [1.807, 2.05) is 12.3 Å². The quantitative estimate of drug-likeness (QED) is 0.865. The number of nitrogens with one attached hydrogen (secondary N) is 1. The first-order valence-electron chi connectivity index (χ1n) is 7.16. The molecule has 0 radical (unpaired) electrons. The number of pyridine rings is 1. The zero-order valence-electron chi connectivity index (χ0n) is 11.7. The summed E-state index contributed by atoms with van der Waals surface area (Å²) in [5, 5.41) is 3.65. The second-order valence-corrected chi connectivity index (χ2v) is 5.26. The highest BCUT2D eigenvalue weighted by molar-refractivity contribution is 5.17. The Balaban J connectivity index is 1.74. The second kappa shape index (κ2) is 6.86. The lowest BCUT2D eigenvalue weighted by Crippen LogP contribution is -2.42. The van der Waals surface area contributed by atoms with Gasteiger partial charge in [-0.3, -0.25) is 4.98 Å². The molecule has 2 rings (SSSR count). The summed E-state index contributed by atoms with van der Waals surface area (Å²) in [6.45, 7) is 9.04. The Morgan fingerprint density at radius 1 is 1.39 bits per heavy atom. The van der Waals surface area contributed by atoms with Crippen molar-refractivity contribution < 1.29 is 0 Å². The summed E-state index contributed by atoms with van der Waals surface area (Å²) in [5.74, 6) is 0. The van der Waals surface area contributed by atoms with Crippen molar-refractivity contribution in [2.24, 2.45) is 0 Å². The van der Waals surface area contributed by atoms with Crippen LogP contribution in [0.2, 0.25) is 0 Å². The molecule has 2 heterocycles. The molecule has 3 heteroatoms. The maximum atomic E-state index is 4.43. The molecule has 0 unspecified atom stereocenters. The van der Waals surface area contributed by atoms with Gasteiger partial charge in [0.1, 0.15) is 0 Å². The Morgan fingerprint density at radius 2 is 2.17 bits per heavy atom. The van der Waals surface area contributed by atoms with Crippen molar-refractivity contribution in [1.29, 1.82) is 0 Å². The van der Waals surface area contributed by atoms with E-state index in [4.69, 9.17) is 0 Å². The third kappa shape index (κ3) is 3.79. The first-order chi connectivity index (χ1) is 8.79. The lowest BCUT2D eigenvalue weighted by atomic mass is 10.0. The molecule has 0 amide bonds. The van der Waals surface area contributed by atoms with E-state index in [1.165, 1.54) is 50.2 Å². The maximum absolute atomic E-state index is 4.43. The topological polar surface area (TPSA) is 28.2 Å². The predicted octanol–water partition coefficient (Wildman–Crippen LogP) is 2.35. The smallest absolute Gasteiger partial charge is 0.0570 e. The Morgan fingerprint density at radius 3 is 2.83 bits per heavy atom. The number of rotatable bonds is 5. The molecule has 0 aromatic carbocycles. The Labute approximate surface area is 111 Å². The van der Waals surface area contributed by atoms with Gasteiger partial charge in [0, 0.05) is 18.8 Å². The molecule has 1 saturated heterocycles. The van der Waals surface area contributed by atoms with Crippen LogP contribution in [0, 0.1) is 6.92 Å². The van der Waals surface area contributed by atoms with E-state index in [1.54, 1.807) is 0 Å². The minimum atomic E-state index is 0.666. The molecule has 1 aliphatic heterocycles. The van der Waals surface area contributed by atoms with Crippen LogP contribution in [-0.2, 0) is 6.54 Å². The van der Waals surface area contributed by atoms with Gasteiger partial charge in [-0.05, 0) is 57.5 Å². The van der Waals surface area contributed by atoms with Gasteiger partial charge in [-0.1, -0.05) is 13.0 Å². The molecule has 3 nitrogen and oxygen atoms in total. The van der Waals surface area contributed by atoms with Crippen LogP contribution in [0.25, 0.3) is 0 Å². The van der Waals surface area contributed by atoms with Crippen LogP contribution in [-0.4, -0.2) is 35.6 Å². The highest BCUT2D eigenvalue weighted by atomic mass is 15.1. The van der Waals surface area contributed by atoms with Gasteiger partial charge in [-0.2, -0.15) is 0 Å². The van der Waals surface area contributed by atoms with Crippen LogP contribution in [0.3, 0.4) is 0 Å². The van der Waals surface area contributed by atoms with Gasteiger partial charge in [0.05, 0.1) is 5.69 Å². The average molecular weight is 247 g/mol. The average Bonchev–Trinajstić information content (AvgIpc) is 2.40. The third-order valence-corrected chi connectivity index (χ3v) is 3.80. The molecule has 100 valence electrons. The molecule has 0 aliphatic carbocycles. The highest BCUT2D eigenvalue weighted by Crippen LogP contribution is 2.11. The molecule has 1 aromatic rings. The van der Waals surface area contributed by atoms with E-state index in [-0.39, 0.29) is 0 Å². The second-order valence-electron chi connectivity index (χ2n) is 5.26. The van der Waals surface area contributed by atoms with E-state index in [2.05, 4.69) is 35.1 Å². The number of aromatic nitrogens is 1. The first kappa shape index (κ1) is 13.5. The van der Waals surface area contributed by atoms with Gasteiger partial charge in [0.15, 0.2) is 0 Å². The molecular weight excluding hydrogens is 222 g/mol. The Bertz CT molecular complexity index is 357. The van der Waals surface area contributed by atoms with Crippen molar-refractivity contribution in [3.05, 3.63) is 29.6 Å². The van der Waals surface area contributed by atoms with Crippen LogP contribution in [0.5, 0.6) is 0 Å². The zero-order valence-corrected chi connectivity index (χ0v) is 11.7. The number of hydrogen-bond donors (Lipinski definition) is 1. The molecule has 0 atom stereocenters. The SMILES string of the molecule is CCCN1CCC(NCc2ncccc2C)CC1. The van der Waals surface area contributed by atoms with Crippen LogP contribution in [0.4, 0.5) is 0 Å². The van der Waals surface area contributed by atoms with Gasteiger partial charge in [-0.25, -0.2) is 0 Å². The maximum Gasteiger partial charge on any atom is 0.0570 e. The summed E-state index contributed by atoms with van der Waals surface area (Å²) >= 11 is 0. The summed E-state index contributed by atoms with van der Waals surface area (Å²) in [7, 11) is 0. The van der Waals surface area contributed by atoms with E-state index in [0.717, 1.165) is 6.54 Å². The van der Waals surface area contributed by atoms with E-state index in [9.17, 15) is 0 Å². The molecule has 1 aromatic heterocycles. The number of nitrogens with zero attached hydrogens (tertiary/aromatic N) is 2. The summed E-state index contributed by atoms with van der Waals surface area (Å²) in [6.07, 6.45) is 5.69. The van der Waals surface area contributed by atoms with Crippen molar-refractivity contribution in [3.63, 3.8) is 0 Å². The first-order valence-corrected chi connectivity index (χ1v) is 7.16. The number of likely N-dealkylation sites (tertiary alicyclic amines) is 1. The van der Waals surface area contributed by atoms with E-state index >= 15 is 0 Å². The van der Waals surface area contributed by atoms with Crippen molar-refractivity contribution in [1.82, 2.24) is 15.2 Å². The molecular formula is C15H25N3. The fourth-order valence-electron chi connectivity index (χ4n) is 2.62. The van der Waals surface area contributed by atoms with Crippen LogP contribution >= 0.6 is 0 Å². The fraction of sp³-hybridized carbons (Fsp3) is 0.667. The normalized spacial score (nSPS) is 18.1. The zero-order chi connectivity index (χ0) is 12.8. The fourth-order valence-corrected chi connectivity index (χ4v) is 2.62. The van der Waals surface area contributed by atoms with Crippen LogP contribution in [0.15, 0.2) is 18.3 Å². The lowest BCUT2D eigenvalue weighted by Gasteiger charge is -2.32. The minimum Gasteiger partial charge on any atom is -0.308 e. The molecule has 0 saturated carbocycles. The van der Waals surface area contributed by atoms with Gasteiger partial charge in [0.2, 0.25) is 0 Å². The summed E-state index contributed by atoms with van der Waals surface area (Å²) in [5.41, 5.74) is 2.47. The molecule has 0 spiro atoms. The van der Waals surface area contributed by atoms with Gasteiger partial charge in [-0.15, -0.1) is 0 Å². The van der Waals surface area contributed by atoms with Gasteiger partial charge < -0.3 is 10.2 Å². The lowest BCUT2D eigenvalue weighted by molar-refractivity contribution is 0.197. The van der Waals surface area contributed by atoms with Crippen LogP contribution in [0.1, 0.15) is 37.4 Å². The number of hydrogen-bond acceptors (Lipinski definition) is 3. The Hall–Kier alpha value is -0.930. The monoisotopic (exact) mass is 247 g/mol. The minimum absolute atomic E-state index is 0.666. The van der Waals surface area contributed by atoms with E-state index in [0.29, 0.717) is 6.04 Å². The van der Waals surface area contributed by atoms with Crippen molar-refractivity contribution in [2.45, 2.75) is 45.7 Å². The van der Waals surface area contributed by atoms with E-state index < -0.39 is 0 Å². The van der Waals surface area contributed by atoms with Crippen molar-refractivity contribution in [3.8, 4) is 0 Å². The molecule has 1 aliphatic rings. The standard InChI is InChI=1S/C15H25N3/c1-3-9-18-10-6-14(7-11-18)17-12-15-13(2)5-4-8-16-15/h4-5,8,14,17H,3,6-7,9-12H2,1-2H3. The predicted molar refractivity (Wildman–Crippen MR) is 75.6 cm³/mol. The summed E-state index contributed by atoms with van der Waals surface area (Å²) in [6, 6.07) is 4.80. The molecule has 0 bridgehead atoms. The van der Waals surface area contributed by atoms with Gasteiger partial charge >= 0.3 is 0 Å². The molecule has 18 heavy (non-hydrogen) atoms. The van der Waals surface area contributed by atoms with Crippen LogP contribution < -0.4 is 5.32 Å².